The average molecular weight is 472 g/mol. The predicted octanol–water partition coefficient (Wildman–Crippen LogP) is 5.88. The summed E-state index contributed by atoms with van der Waals surface area (Å²) in [5.41, 5.74) is 1.19. The molecule has 0 aromatic heterocycles. The molecule has 144 valence electrons. The maximum absolute atomic E-state index is 12.6. The summed E-state index contributed by atoms with van der Waals surface area (Å²) < 4.78 is 0.403. The van der Waals surface area contributed by atoms with Crippen molar-refractivity contribution in [2.75, 3.05) is 11.9 Å². The van der Waals surface area contributed by atoms with Crippen LogP contribution in [0, 0.1) is 0 Å². The predicted molar refractivity (Wildman–Crippen MR) is 121 cm³/mol. The second kappa shape index (κ2) is 9.29. The number of halogens is 3. The van der Waals surface area contributed by atoms with Gasteiger partial charge in [-0.2, -0.15) is 0 Å². The van der Waals surface area contributed by atoms with E-state index in [1.54, 1.807) is 30.3 Å². The van der Waals surface area contributed by atoms with Crippen molar-refractivity contribution in [3.8, 4) is 0 Å². The highest BCUT2D eigenvalue weighted by Crippen LogP contribution is 2.34. The fraction of sp³-hybridized carbons (Fsp3) is 0.105. The van der Waals surface area contributed by atoms with Crippen LogP contribution in [0.2, 0.25) is 15.1 Å². The van der Waals surface area contributed by atoms with E-state index in [0.717, 1.165) is 5.56 Å². The van der Waals surface area contributed by atoms with Gasteiger partial charge in [-0.3, -0.25) is 14.5 Å². The molecule has 3 rings (SSSR count). The first-order chi connectivity index (χ1) is 13.3. The van der Waals surface area contributed by atoms with Gasteiger partial charge in [0.15, 0.2) is 0 Å². The molecule has 1 aliphatic rings. The maximum Gasteiger partial charge on any atom is 0.266 e. The lowest BCUT2D eigenvalue weighted by Gasteiger charge is -2.14. The topological polar surface area (TPSA) is 49.4 Å². The first-order valence-corrected chi connectivity index (χ1v) is 10.5. The highest BCUT2D eigenvalue weighted by Gasteiger charge is 2.32. The summed E-state index contributed by atoms with van der Waals surface area (Å²) in [7, 11) is 0. The summed E-state index contributed by atoms with van der Waals surface area (Å²) in [6.45, 7) is 0.168. The summed E-state index contributed by atoms with van der Waals surface area (Å²) in [6, 6.07) is 12.0. The van der Waals surface area contributed by atoms with Gasteiger partial charge in [-0.1, -0.05) is 77.0 Å². The van der Waals surface area contributed by atoms with Gasteiger partial charge in [-0.25, -0.2) is 0 Å². The number of thioether (sulfide) groups is 1. The van der Waals surface area contributed by atoms with Crippen molar-refractivity contribution in [1.82, 2.24) is 4.90 Å². The smallest absolute Gasteiger partial charge is 0.266 e. The average Bonchev–Trinajstić information content (AvgIpc) is 2.91. The lowest BCUT2D eigenvalue weighted by Crippen LogP contribution is -2.31. The van der Waals surface area contributed by atoms with E-state index in [-0.39, 0.29) is 24.8 Å². The van der Waals surface area contributed by atoms with Crippen LogP contribution in [0.4, 0.5) is 5.69 Å². The molecule has 0 spiro atoms. The number of carbonyl (C=O) groups is 2. The molecule has 1 heterocycles. The van der Waals surface area contributed by atoms with Gasteiger partial charge in [0.2, 0.25) is 5.91 Å². The molecular formula is C19H13Cl3N2O2S2. The third kappa shape index (κ3) is 5.07. The molecule has 0 atom stereocenters. The van der Waals surface area contributed by atoms with Crippen molar-refractivity contribution < 1.29 is 9.59 Å². The Kier molecular flexibility index (Phi) is 7.01. The van der Waals surface area contributed by atoms with E-state index in [2.05, 4.69) is 5.32 Å². The molecule has 1 saturated heterocycles. The number of benzene rings is 2. The quantitative estimate of drug-likeness (QED) is 0.437. The minimum atomic E-state index is -0.284. The van der Waals surface area contributed by atoms with Gasteiger partial charge in [0.05, 0.1) is 15.6 Å². The Balaban J connectivity index is 1.63. The van der Waals surface area contributed by atoms with E-state index in [1.165, 1.54) is 16.7 Å². The van der Waals surface area contributed by atoms with Crippen molar-refractivity contribution in [3.05, 3.63) is 68.0 Å². The number of hydrogen-bond acceptors (Lipinski definition) is 4. The monoisotopic (exact) mass is 470 g/mol. The second-order valence-electron chi connectivity index (χ2n) is 5.78. The largest absolute Gasteiger partial charge is 0.325 e. The zero-order valence-electron chi connectivity index (χ0n) is 14.2. The number of carbonyl (C=O) groups excluding carboxylic acids is 2. The van der Waals surface area contributed by atoms with Crippen LogP contribution in [-0.2, 0) is 9.59 Å². The Morgan fingerprint density at radius 3 is 2.61 bits per heavy atom. The molecule has 2 amide bonds. The maximum atomic E-state index is 12.6. The first kappa shape index (κ1) is 21.1. The minimum absolute atomic E-state index is 0.0742. The highest BCUT2D eigenvalue weighted by atomic mass is 35.5. The second-order valence-corrected chi connectivity index (χ2v) is 8.70. The number of amides is 2. The number of nitrogens with one attached hydrogen (secondary N) is 1. The lowest BCUT2D eigenvalue weighted by molar-refractivity contribution is -0.122. The van der Waals surface area contributed by atoms with Crippen LogP contribution < -0.4 is 5.32 Å². The Morgan fingerprint density at radius 2 is 1.89 bits per heavy atom. The van der Waals surface area contributed by atoms with Crippen LogP contribution in [-0.4, -0.2) is 27.6 Å². The van der Waals surface area contributed by atoms with E-state index >= 15 is 0 Å². The van der Waals surface area contributed by atoms with Crippen molar-refractivity contribution in [2.24, 2.45) is 0 Å². The summed E-state index contributed by atoms with van der Waals surface area (Å²) in [5.74, 6) is -0.527. The summed E-state index contributed by atoms with van der Waals surface area (Å²) in [4.78, 5) is 26.7. The molecule has 4 nitrogen and oxygen atoms in total. The Hall–Kier alpha value is -1.57. The molecule has 9 heteroatoms. The molecule has 2 aromatic carbocycles. The summed E-state index contributed by atoms with van der Waals surface area (Å²) in [6.07, 6.45) is 1.78. The number of anilines is 1. The highest BCUT2D eigenvalue weighted by molar-refractivity contribution is 8.26. The lowest BCUT2D eigenvalue weighted by atomic mass is 10.2. The molecule has 2 aromatic rings. The Morgan fingerprint density at radius 1 is 1.14 bits per heavy atom. The van der Waals surface area contributed by atoms with Crippen LogP contribution in [0.1, 0.15) is 12.0 Å². The molecule has 0 unspecified atom stereocenters. The molecule has 1 fully saturated rings. The number of nitrogens with zero attached hydrogens (tertiary/aromatic N) is 1. The number of thiocarbonyl (C=S) groups is 1. The molecule has 0 saturated carbocycles. The third-order valence-corrected chi connectivity index (χ3v) is 6.10. The number of rotatable bonds is 5. The summed E-state index contributed by atoms with van der Waals surface area (Å²) >= 11 is 24.5. The van der Waals surface area contributed by atoms with E-state index in [0.29, 0.717) is 30.0 Å². The van der Waals surface area contributed by atoms with Crippen LogP contribution >= 0.6 is 58.8 Å². The van der Waals surface area contributed by atoms with Gasteiger partial charge in [-0.15, -0.1) is 0 Å². The molecule has 0 radical (unpaired) electrons. The third-order valence-electron chi connectivity index (χ3n) is 3.83. The van der Waals surface area contributed by atoms with Gasteiger partial charge in [0, 0.05) is 23.0 Å². The van der Waals surface area contributed by atoms with Crippen molar-refractivity contribution in [1.29, 1.82) is 0 Å². The minimum Gasteiger partial charge on any atom is -0.325 e. The first-order valence-electron chi connectivity index (χ1n) is 8.10. The van der Waals surface area contributed by atoms with Crippen LogP contribution in [0.5, 0.6) is 0 Å². The van der Waals surface area contributed by atoms with Crippen molar-refractivity contribution in [2.45, 2.75) is 6.42 Å². The van der Waals surface area contributed by atoms with Crippen LogP contribution in [0.15, 0.2) is 47.4 Å². The molecule has 0 aliphatic carbocycles. The fourth-order valence-corrected chi connectivity index (χ4v) is 4.39. The Bertz CT molecular complexity index is 995. The summed E-state index contributed by atoms with van der Waals surface area (Å²) in [5, 5.41) is 4.07. The van der Waals surface area contributed by atoms with Gasteiger partial charge in [0.1, 0.15) is 4.32 Å². The van der Waals surface area contributed by atoms with Gasteiger partial charge < -0.3 is 5.32 Å². The van der Waals surface area contributed by atoms with E-state index in [1.807, 2.05) is 18.2 Å². The van der Waals surface area contributed by atoms with Gasteiger partial charge in [0.25, 0.3) is 5.91 Å². The van der Waals surface area contributed by atoms with E-state index < -0.39 is 0 Å². The number of hydrogen-bond donors (Lipinski definition) is 1. The standard InChI is InChI=1S/C19H13Cl3N2O2S2/c20-12-5-6-15(14(22)10-12)23-17(25)7-8-24-18(26)16(28-19(24)27)9-11-3-1-2-4-13(11)21/h1-6,9-10H,7-8H2,(H,23,25)/b16-9+. The zero-order valence-corrected chi connectivity index (χ0v) is 18.1. The molecule has 1 N–H and O–H groups in total. The SMILES string of the molecule is O=C(CCN1C(=O)/C(=C\c2ccccc2Cl)SC1=S)Nc1ccc(Cl)cc1Cl. The molecule has 0 bridgehead atoms. The Labute approximate surface area is 186 Å². The van der Waals surface area contributed by atoms with E-state index in [4.69, 9.17) is 47.0 Å². The zero-order chi connectivity index (χ0) is 20.3. The molecular weight excluding hydrogens is 459 g/mol. The fourth-order valence-electron chi connectivity index (χ4n) is 2.44. The molecule has 1 aliphatic heterocycles. The molecule has 28 heavy (non-hydrogen) atoms. The van der Waals surface area contributed by atoms with Crippen molar-refractivity contribution in [3.63, 3.8) is 0 Å². The van der Waals surface area contributed by atoms with Crippen LogP contribution in [0.25, 0.3) is 6.08 Å². The van der Waals surface area contributed by atoms with Crippen molar-refractivity contribution >= 4 is 86.7 Å². The van der Waals surface area contributed by atoms with Gasteiger partial charge >= 0.3 is 0 Å². The van der Waals surface area contributed by atoms with Gasteiger partial charge in [-0.05, 0) is 35.9 Å². The van der Waals surface area contributed by atoms with E-state index in [9.17, 15) is 9.59 Å². The normalized spacial score (nSPS) is 15.4. The van der Waals surface area contributed by atoms with Crippen LogP contribution in [0.3, 0.4) is 0 Å².